The molecule has 0 bridgehead atoms. The Hall–Kier alpha value is -2.02. The molecule has 1 rings (SSSR count). The summed E-state index contributed by atoms with van der Waals surface area (Å²) in [4.78, 5) is 0. The van der Waals surface area contributed by atoms with Gasteiger partial charge in [0.1, 0.15) is 0 Å². The summed E-state index contributed by atoms with van der Waals surface area (Å²) in [5.74, 6) is 0. The SMILES string of the molecule is C=CC(=C)c1ccccc1CC(=C)/C=C/O. The highest BCUT2D eigenvalue weighted by atomic mass is 16.2. The third-order valence-corrected chi connectivity index (χ3v) is 2.34. The summed E-state index contributed by atoms with van der Waals surface area (Å²) < 4.78 is 0. The monoisotopic (exact) mass is 212 g/mol. The Balaban J connectivity index is 2.99. The summed E-state index contributed by atoms with van der Waals surface area (Å²) in [5.41, 5.74) is 3.96. The standard InChI is InChI=1S/C15H16O/c1-4-13(3)15-8-6-5-7-14(15)11-12(2)9-10-16/h4-10,16H,1-3,11H2/b10-9+. The number of hydrogen-bond donors (Lipinski definition) is 1. The van der Waals surface area contributed by atoms with Crippen molar-refractivity contribution in [3.8, 4) is 0 Å². The van der Waals surface area contributed by atoms with Crippen LogP contribution < -0.4 is 0 Å². The average Bonchev–Trinajstić information content (AvgIpc) is 2.29. The van der Waals surface area contributed by atoms with Crippen molar-refractivity contribution in [3.63, 3.8) is 0 Å². The number of hydrogen-bond acceptors (Lipinski definition) is 1. The van der Waals surface area contributed by atoms with Gasteiger partial charge in [0.15, 0.2) is 0 Å². The fourth-order valence-electron chi connectivity index (χ4n) is 1.51. The van der Waals surface area contributed by atoms with Gasteiger partial charge in [0.05, 0.1) is 6.26 Å². The first kappa shape index (κ1) is 12.1. The zero-order chi connectivity index (χ0) is 12.0. The van der Waals surface area contributed by atoms with Gasteiger partial charge in [-0.05, 0) is 34.8 Å². The Kier molecular flexibility index (Phi) is 4.34. The summed E-state index contributed by atoms with van der Waals surface area (Å²) in [6, 6.07) is 7.99. The molecule has 0 amide bonds. The molecule has 0 radical (unpaired) electrons. The molecule has 0 unspecified atom stereocenters. The van der Waals surface area contributed by atoms with Crippen LogP contribution in [0.1, 0.15) is 11.1 Å². The number of rotatable bonds is 5. The van der Waals surface area contributed by atoms with Crippen molar-refractivity contribution >= 4 is 5.57 Å². The van der Waals surface area contributed by atoms with Crippen LogP contribution in [0.2, 0.25) is 0 Å². The van der Waals surface area contributed by atoms with Crippen LogP contribution in [0.15, 0.2) is 68.0 Å². The molecule has 0 aliphatic carbocycles. The highest BCUT2D eigenvalue weighted by molar-refractivity contribution is 5.73. The Bertz CT molecular complexity index is 439. The zero-order valence-corrected chi connectivity index (χ0v) is 9.32. The van der Waals surface area contributed by atoms with E-state index >= 15 is 0 Å². The summed E-state index contributed by atoms with van der Waals surface area (Å²) in [7, 11) is 0. The first-order valence-corrected chi connectivity index (χ1v) is 5.07. The molecule has 1 nitrogen and oxygen atoms in total. The Morgan fingerprint density at radius 2 is 1.94 bits per heavy atom. The number of aliphatic hydroxyl groups excluding tert-OH is 1. The van der Waals surface area contributed by atoms with Crippen LogP contribution in [0.5, 0.6) is 0 Å². The molecule has 0 aliphatic heterocycles. The first-order chi connectivity index (χ1) is 7.69. The minimum absolute atomic E-state index is 0.695. The zero-order valence-electron chi connectivity index (χ0n) is 9.32. The fourth-order valence-corrected chi connectivity index (χ4v) is 1.51. The maximum Gasteiger partial charge on any atom is 0.0794 e. The molecule has 82 valence electrons. The second-order valence-corrected chi connectivity index (χ2v) is 3.54. The summed E-state index contributed by atoms with van der Waals surface area (Å²) in [5, 5.41) is 8.66. The fraction of sp³-hybridized carbons (Fsp3) is 0.0667. The lowest BCUT2D eigenvalue weighted by atomic mass is 9.96. The molecular formula is C15H16O. The first-order valence-electron chi connectivity index (χ1n) is 5.07. The summed E-state index contributed by atoms with van der Waals surface area (Å²) in [6.07, 6.45) is 5.03. The van der Waals surface area contributed by atoms with Crippen LogP contribution in [-0.4, -0.2) is 5.11 Å². The Labute approximate surface area is 96.8 Å². The molecular weight excluding hydrogens is 196 g/mol. The molecule has 16 heavy (non-hydrogen) atoms. The lowest BCUT2D eigenvalue weighted by molar-refractivity contribution is 0.473. The molecule has 0 aromatic heterocycles. The van der Waals surface area contributed by atoms with Gasteiger partial charge in [-0.1, -0.05) is 50.1 Å². The van der Waals surface area contributed by atoms with E-state index in [0.717, 1.165) is 28.5 Å². The van der Waals surface area contributed by atoms with Crippen molar-refractivity contribution < 1.29 is 5.11 Å². The van der Waals surface area contributed by atoms with Crippen LogP contribution in [0.4, 0.5) is 0 Å². The molecule has 0 saturated heterocycles. The van der Waals surface area contributed by atoms with Gasteiger partial charge in [-0.25, -0.2) is 0 Å². The Morgan fingerprint density at radius 1 is 1.25 bits per heavy atom. The second kappa shape index (κ2) is 5.76. The lowest BCUT2D eigenvalue weighted by Crippen LogP contribution is -1.93. The molecule has 0 aliphatic rings. The molecule has 0 saturated carbocycles. The number of benzene rings is 1. The van der Waals surface area contributed by atoms with E-state index in [9.17, 15) is 0 Å². The van der Waals surface area contributed by atoms with E-state index in [2.05, 4.69) is 19.7 Å². The van der Waals surface area contributed by atoms with E-state index in [1.54, 1.807) is 12.2 Å². The van der Waals surface area contributed by atoms with E-state index in [4.69, 9.17) is 5.11 Å². The molecule has 1 aromatic carbocycles. The van der Waals surface area contributed by atoms with Gasteiger partial charge >= 0.3 is 0 Å². The van der Waals surface area contributed by atoms with Crippen molar-refractivity contribution in [2.75, 3.05) is 0 Å². The highest BCUT2D eigenvalue weighted by Crippen LogP contribution is 2.20. The van der Waals surface area contributed by atoms with Crippen LogP contribution in [-0.2, 0) is 6.42 Å². The van der Waals surface area contributed by atoms with Crippen molar-refractivity contribution in [1.82, 2.24) is 0 Å². The average molecular weight is 212 g/mol. The number of aliphatic hydroxyl groups is 1. The van der Waals surface area contributed by atoms with Gasteiger partial charge in [0.2, 0.25) is 0 Å². The van der Waals surface area contributed by atoms with Crippen molar-refractivity contribution in [3.05, 3.63) is 79.1 Å². The predicted octanol–water partition coefficient (Wildman–Crippen LogP) is 4.06. The molecule has 1 N–H and O–H groups in total. The van der Waals surface area contributed by atoms with Crippen LogP contribution >= 0.6 is 0 Å². The lowest BCUT2D eigenvalue weighted by Gasteiger charge is -2.09. The third kappa shape index (κ3) is 2.99. The van der Waals surface area contributed by atoms with E-state index in [1.807, 2.05) is 24.3 Å². The molecule has 1 heteroatoms. The van der Waals surface area contributed by atoms with Gasteiger partial charge in [-0.3, -0.25) is 0 Å². The molecule has 0 atom stereocenters. The van der Waals surface area contributed by atoms with Crippen molar-refractivity contribution in [2.45, 2.75) is 6.42 Å². The quantitative estimate of drug-likeness (QED) is 0.576. The van der Waals surface area contributed by atoms with Crippen LogP contribution in [0.25, 0.3) is 5.57 Å². The van der Waals surface area contributed by atoms with Crippen molar-refractivity contribution in [1.29, 1.82) is 0 Å². The van der Waals surface area contributed by atoms with Gasteiger partial charge < -0.3 is 5.11 Å². The normalized spacial score (nSPS) is 10.2. The predicted molar refractivity (Wildman–Crippen MR) is 70.3 cm³/mol. The van der Waals surface area contributed by atoms with E-state index in [0.29, 0.717) is 6.42 Å². The molecule has 0 heterocycles. The largest absolute Gasteiger partial charge is 0.516 e. The Morgan fingerprint density at radius 3 is 2.56 bits per heavy atom. The van der Waals surface area contributed by atoms with E-state index in [1.165, 1.54) is 0 Å². The number of allylic oxidation sites excluding steroid dienone is 4. The maximum atomic E-state index is 8.66. The highest BCUT2D eigenvalue weighted by Gasteiger charge is 2.03. The van der Waals surface area contributed by atoms with E-state index in [-0.39, 0.29) is 0 Å². The van der Waals surface area contributed by atoms with E-state index < -0.39 is 0 Å². The van der Waals surface area contributed by atoms with Crippen LogP contribution in [0.3, 0.4) is 0 Å². The van der Waals surface area contributed by atoms with Gasteiger partial charge in [0, 0.05) is 0 Å². The maximum absolute atomic E-state index is 8.66. The molecule has 0 fully saturated rings. The topological polar surface area (TPSA) is 20.2 Å². The summed E-state index contributed by atoms with van der Waals surface area (Å²) in [6.45, 7) is 11.5. The third-order valence-electron chi connectivity index (χ3n) is 2.34. The summed E-state index contributed by atoms with van der Waals surface area (Å²) >= 11 is 0. The van der Waals surface area contributed by atoms with Gasteiger partial charge in [-0.15, -0.1) is 0 Å². The van der Waals surface area contributed by atoms with Gasteiger partial charge in [0.25, 0.3) is 0 Å². The van der Waals surface area contributed by atoms with Crippen LogP contribution in [0, 0.1) is 0 Å². The smallest absolute Gasteiger partial charge is 0.0794 e. The second-order valence-electron chi connectivity index (χ2n) is 3.54. The minimum atomic E-state index is 0.695. The molecule has 0 spiro atoms. The molecule has 1 aromatic rings. The van der Waals surface area contributed by atoms with Crippen molar-refractivity contribution in [2.24, 2.45) is 0 Å². The van der Waals surface area contributed by atoms with Gasteiger partial charge in [-0.2, -0.15) is 0 Å². The minimum Gasteiger partial charge on any atom is -0.516 e.